The number of hydrogen-bond donors (Lipinski definition) is 0. The number of hydrogen-bond acceptors (Lipinski definition) is 2. The van der Waals surface area contributed by atoms with Gasteiger partial charge >= 0.3 is 5.97 Å². The summed E-state index contributed by atoms with van der Waals surface area (Å²) in [6, 6.07) is 9.69. The van der Waals surface area contributed by atoms with Crippen molar-refractivity contribution in [2.75, 3.05) is 0 Å². The van der Waals surface area contributed by atoms with Gasteiger partial charge in [-0.15, -0.1) is 0 Å². The average Bonchev–Trinajstić information content (AvgIpc) is 2.29. The van der Waals surface area contributed by atoms with E-state index < -0.39 is 0 Å². The standard InChI is InChI=1S/C13H17O2/c1-3-12(4-2)13(14)15-10-11-8-6-5-7-9-11/h5-9,12H,1,3-4,10H2,2H3. The van der Waals surface area contributed by atoms with Crippen molar-refractivity contribution in [2.45, 2.75) is 26.4 Å². The highest BCUT2D eigenvalue weighted by atomic mass is 16.5. The van der Waals surface area contributed by atoms with E-state index in [1.165, 1.54) is 0 Å². The molecule has 81 valence electrons. The van der Waals surface area contributed by atoms with Crippen molar-refractivity contribution in [3.8, 4) is 0 Å². The first kappa shape index (κ1) is 11.8. The molecule has 1 atom stereocenters. The van der Waals surface area contributed by atoms with Crippen LogP contribution in [0.2, 0.25) is 0 Å². The lowest BCUT2D eigenvalue weighted by molar-refractivity contribution is -0.149. The molecule has 1 aromatic rings. The molecule has 2 nitrogen and oxygen atoms in total. The highest BCUT2D eigenvalue weighted by Crippen LogP contribution is 2.11. The summed E-state index contributed by atoms with van der Waals surface area (Å²) in [5.74, 6) is -0.204. The van der Waals surface area contributed by atoms with Gasteiger partial charge < -0.3 is 4.74 Å². The van der Waals surface area contributed by atoms with Gasteiger partial charge in [-0.25, -0.2) is 0 Å². The number of carbonyl (C=O) groups excluding carboxylic acids is 1. The van der Waals surface area contributed by atoms with Crippen molar-refractivity contribution in [2.24, 2.45) is 5.92 Å². The van der Waals surface area contributed by atoms with E-state index in [0.717, 1.165) is 12.0 Å². The third-order valence-corrected chi connectivity index (χ3v) is 2.40. The Kier molecular flexibility index (Phi) is 4.88. The van der Waals surface area contributed by atoms with Crippen LogP contribution in [0.15, 0.2) is 30.3 Å². The zero-order chi connectivity index (χ0) is 11.1. The van der Waals surface area contributed by atoms with Gasteiger partial charge in [0, 0.05) is 0 Å². The first-order chi connectivity index (χ1) is 7.27. The fraction of sp³-hybridized carbons (Fsp3) is 0.385. The van der Waals surface area contributed by atoms with Crippen LogP contribution in [0.5, 0.6) is 0 Å². The number of rotatable bonds is 5. The Morgan fingerprint density at radius 2 is 2.07 bits per heavy atom. The van der Waals surface area contributed by atoms with E-state index in [-0.39, 0.29) is 11.9 Å². The zero-order valence-corrected chi connectivity index (χ0v) is 9.11. The molecular formula is C13H17O2. The minimum atomic E-state index is -0.142. The molecule has 0 N–H and O–H groups in total. The van der Waals surface area contributed by atoms with Gasteiger partial charge in [-0.3, -0.25) is 4.79 Å². The summed E-state index contributed by atoms with van der Waals surface area (Å²) in [7, 11) is 0. The van der Waals surface area contributed by atoms with E-state index in [9.17, 15) is 4.79 Å². The molecule has 0 saturated carbocycles. The molecule has 1 rings (SSSR count). The highest BCUT2D eigenvalue weighted by Gasteiger charge is 2.15. The van der Waals surface area contributed by atoms with Crippen molar-refractivity contribution in [3.63, 3.8) is 0 Å². The SMILES string of the molecule is [CH2]CC(CC)C(=O)OCc1ccccc1. The Balaban J connectivity index is 2.40. The van der Waals surface area contributed by atoms with Gasteiger partial charge in [0.25, 0.3) is 0 Å². The molecule has 0 amide bonds. The van der Waals surface area contributed by atoms with E-state index in [1.807, 2.05) is 37.3 Å². The normalized spacial score (nSPS) is 10.3. The van der Waals surface area contributed by atoms with Crippen LogP contribution >= 0.6 is 0 Å². The number of ether oxygens (including phenoxy) is 1. The van der Waals surface area contributed by atoms with Crippen molar-refractivity contribution in [1.29, 1.82) is 0 Å². The second kappa shape index (κ2) is 6.23. The van der Waals surface area contributed by atoms with Crippen molar-refractivity contribution < 1.29 is 9.53 Å². The zero-order valence-electron chi connectivity index (χ0n) is 9.11. The Hall–Kier alpha value is -1.31. The molecule has 1 unspecified atom stereocenters. The fourth-order valence-corrected chi connectivity index (χ4v) is 1.34. The summed E-state index contributed by atoms with van der Waals surface area (Å²) in [5.41, 5.74) is 1.02. The maximum atomic E-state index is 11.5. The second-order valence-electron chi connectivity index (χ2n) is 3.49. The lowest BCUT2D eigenvalue weighted by Gasteiger charge is -2.11. The predicted octanol–water partition coefficient (Wildman–Crippen LogP) is 2.98. The maximum absolute atomic E-state index is 11.5. The minimum absolute atomic E-state index is 0.0614. The number of benzene rings is 1. The van der Waals surface area contributed by atoms with E-state index in [4.69, 9.17) is 4.74 Å². The Morgan fingerprint density at radius 3 is 2.60 bits per heavy atom. The molecule has 1 radical (unpaired) electrons. The predicted molar refractivity (Wildman–Crippen MR) is 60.0 cm³/mol. The monoisotopic (exact) mass is 205 g/mol. The molecule has 0 bridgehead atoms. The van der Waals surface area contributed by atoms with Crippen LogP contribution in [0.1, 0.15) is 25.3 Å². The molecule has 0 spiro atoms. The van der Waals surface area contributed by atoms with Gasteiger partial charge in [0.1, 0.15) is 6.61 Å². The molecule has 15 heavy (non-hydrogen) atoms. The first-order valence-corrected chi connectivity index (χ1v) is 5.27. The highest BCUT2D eigenvalue weighted by molar-refractivity contribution is 5.72. The average molecular weight is 205 g/mol. The Labute approximate surface area is 91.3 Å². The van der Waals surface area contributed by atoms with Gasteiger partial charge in [-0.05, 0) is 18.4 Å². The van der Waals surface area contributed by atoms with Gasteiger partial charge in [-0.1, -0.05) is 44.2 Å². The Bertz CT molecular complexity index is 289. The van der Waals surface area contributed by atoms with Gasteiger partial charge in [0.05, 0.1) is 5.92 Å². The van der Waals surface area contributed by atoms with Gasteiger partial charge in [0.2, 0.25) is 0 Å². The molecule has 2 heteroatoms. The van der Waals surface area contributed by atoms with Crippen molar-refractivity contribution >= 4 is 5.97 Å². The van der Waals surface area contributed by atoms with Gasteiger partial charge in [0.15, 0.2) is 0 Å². The molecule has 0 aliphatic rings. The first-order valence-electron chi connectivity index (χ1n) is 5.27. The van der Waals surface area contributed by atoms with Crippen LogP contribution in [0.3, 0.4) is 0 Å². The third-order valence-electron chi connectivity index (χ3n) is 2.40. The molecule has 1 aromatic carbocycles. The lowest BCUT2D eigenvalue weighted by Crippen LogP contribution is -2.16. The molecule has 0 aromatic heterocycles. The summed E-state index contributed by atoms with van der Waals surface area (Å²) in [5, 5.41) is 0. The lowest BCUT2D eigenvalue weighted by atomic mass is 10.0. The van der Waals surface area contributed by atoms with Crippen LogP contribution in [0.4, 0.5) is 0 Å². The van der Waals surface area contributed by atoms with Crippen LogP contribution in [-0.2, 0) is 16.1 Å². The maximum Gasteiger partial charge on any atom is 0.309 e. The van der Waals surface area contributed by atoms with E-state index >= 15 is 0 Å². The van der Waals surface area contributed by atoms with Gasteiger partial charge in [-0.2, -0.15) is 0 Å². The summed E-state index contributed by atoms with van der Waals surface area (Å²) < 4.78 is 5.19. The van der Waals surface area contributed by atoms with E-state index in [2.05, 4.69) is 6.92 Å². The molecular weight excluding hydrogens is 188 g/mol. The molecule has 0 saturated heterocycles. The van der Waals surface area contributed by atoms with Crippen LogP contribution in [-0.4, -0.2) is 5.97 Å². The summed E-state index contributed by atoms with van der Waals surface area (Å²) in [6.45, 7) is 6.06. The van der Waals surface area contributed by atoms with Crippen LogP contribution < -0.4 is 0 Å². The molecule has 0 fully saturated rings. The number of esters is 1. The van der Waals surface area contributed by atoms with E-state index in [0.29, 0.717) is 13.0 Å². The summed E-state index contributed by atoms with van der Waals surface area (Å²) in [6.07, 6.45) is 1.39. The van der Waals surface area contributed by atoms with Crippen molar-refractivity contribution in [3.05, 3.63) is 42.8 Å². The third kappa shape index (κ3) is 3.74. The summed E-state index contributed by atoms with van der Waals surface area (Å²) in [4.78, 5) is 11.5. The van der Waals surface area contributed by atoms with E-state index in [1.54, 1.807) is 0 Å². The van der Waals surface area contributed by atoms with Crippen molar-refractivity contribution in [1.82, 2.24) is 0 Å². The topological polar surface area (TPSA) is 26.3 Å². The van der Waals surface area contributed by atoms with Crippen LogP contribution in [0.25, 0.3) is 0 Å². The number of carbonyl (C=O) groups is 1. The fourth-order valence-electron chi connectivity index (χ4n) is 1.34. The quantitative estimate of drug-likeness (QED) is 0.691. The Morgan fingerprint density at radius 1 is 1.40 bits per heavy atom. The minimum Gasteiger partial charge on any atom is -0.461 e. The second-order valence-corrected chi connectivity index (χ2v) is 3.49. The van der Waals surface area contributed by atoms with Crippen LogP contribution in [0, 0.1) is 12.8 Å². The smallest absolute Gasteiger partial charge is 0.309 e. The molecule has 0 aliphatic heterocycles. The largest absolute Gasteiger partial charge is 0.461 e. The molecule has 0 aliphatic carbocycles. The summed E-state index contributed by atoms with van der Waals surface area (Å²) >= 11 is 0. The molecule has 0 heterocycles.